The molecular weight excluding hydrogens is 253 g/mol. The molecule has 0 spiro atoms. The van der Waals surface area contributed by atoms with Crippen molar-refractivity contribution in [1.82, 2.24) is 10.2 Å². The number of nitrogens with one attached hydrogen (secondary N) is 1. The van der Waals surface area contributed by atoms with Crippen molar-refractivity contribution in [3.05, 3.63) is 0 Å². The second-order valence-electron chi connectivity index (χ2n) is 5.81. The van der Waals surface area contributed by atoms with Crippen LogP contribution in [-0.2, 0) is 0 Å². The van der Waals surface area contributed by atoms with Crippen LogP contribution < -0.4 is 5.32 Å². The SMILES string of the molecule is CCCN(CCNC1CCCC(C)C1)CC(F)(F)F. The summed E-state index contributed by atoms with van der Waals surface area (Å²) < 4.78 is 37.2. The van der Waals surface area contributed by atoms with Gasteiger partial charge in [-0.25, -0.2) is 0 Å². The summed E-state index contributed by atoms with van der Waals surface area (Å²) in [5, 5.41) is 3.42. The second kappa shape index (κ2) is 8.10. The first-order valence-electron chi connectivity index (χ1n) is 7.43. The topological polar surface area (TPSA) is 15.3 Å². The van der Waals surface area contributed by atoms with Gasteiger partial charge in [0.25, 0.3) is 0 Å². The van der Waals surface area contributed by atoms with Crippen molar-refractivity contribution < 1.29 is 13.2 Å². The molecule has 19 heavy (non-hydrogen) atoms. The van der Waals surface area contributed by atoms with Gasteiger partial charge >= 0.3 is 6.18 Å². The minimum atomic E-state index is -4.09. The lowest BCUT2D eigenvalue weighted by Gasteiger charge is -2.29. The molecule has 0 aliphatic heterocycles. The molecule has 2 nitrogen and oxygen atoms in total. The zero-order valence-corrected chi connectivity index (χ0v) is 12.1. The van der Waals surface area contributed by atoms with E-state index in [0.29, 0.717) is 25.7 Å². The first-order valence-corrected chi connectivity index (χ1v) is 7.43. The Hall–Kier alpha value is -0.290. The largest absolute Gasteiger partial charge is 0.401 e. The molecular formula is C14H27F3N2. The molecule has 0 aromatic carbocycles. The molecule has 0 radical (unpaired) electrons. The number of nitrogens with zero attached hydrogens (tertiary/aromatic N) is 1. The van der Waals surface area contributed by atoms with E-state index in [4.69, 9.17) is 0 Å². The van der Waals surface area contributed by atoms with E-state index in [9.17, 15) is 13.2 Å². The van der Waals surface area contributed by atoms with Crippen molar-refractivity contribution in [2.24, 2.45) is 5.92 Å². The summed E-state index contributed by atoms with van der Waals surface area (Å²) in [5.74, 6) is 0.744. The Morgan fingerprint density at radius 3 is 2.53 bits per heavy atom. The molecule has 5 heteroatoms. The van der Waals surface area contributed by atoms with Gasteiger partial charge in [-0.1, -0.05) is 26.7 Å². The molecule has 1 rings (SSSR count). The number of hydrogen-bond acceptors (Lipinski definition) is 2. The molecule has 114 valence electrons. The van der Waals surface area contributed by atoms with Crippen LogP contribution in [0.3, 0.4) is 0 Å². The minimum absolute atomic E-state index is 0.484. The molecule has 0 heterocycles. The molecule has 2 unspecified atom stereocenters. The van der Waals surface area contributed by atoms with E-state index in [-0.39, 0.29) is 0 Å². The predicted octanol–water partition coefficient (Wildman–Crippen LogP) is 3.43. The zero-order valence-electron chi connectivity index (χ0n) is 12.1. The van der Waals surface area contributed by atoms with Gasteiger partial charge in [0.2, 0.25) is 0 Å². The van der Waals surface area contributed by atoms with Crippen molar-refractivity contribution in [3.63, 3.8) is 0 Å². The van der Waals surface area contributed by atoms with Gasteiger partial charge in [-0.15, -0.1) is 0 Å². The fourth-order valence-electron chi connectivity index (χ4n) is 2.89. The van der Waals surface area contributed by atoms with Gasteiger partial charge in [-0.2, -0.15) is 13.2 Å². The van der Waals surface area contributed by atoms with Gasteiger partial charge in [0, 0.05) is 19.1 Å². The van der Waals surface area contributed by atoms with E-state index in [1.807, 2.05) is 6.92 Å². The third-order valence-corrected chi connectivity index (χ3v) is 3.74. The van der Waals surface area contributed by atoms with Crippen LogP contribution in [0.15, 0.2) is 0 Å². The number of rotatable bonds is 7. The summed E-state index contributed by atoms with van der Waals surface area (Å²) in [5.41, 5.74) is 0. The van der Waals surface area contributed by atoms with Gasteiger partial charge in [0.05, 0.1) is 6.54 Å². The fourth-order valence-corrected chi connectivity index (χ4v) is 2.89. The Bertz CT molecular complexity index is 243. The van der Waals surface area contributed by atoms with Crippen LogP contribution in [0.1, 0.15) is 46.0 Å². The molecule has 1 N–H and O–H groups in total. The highest BCUT2D eigenvalue weighted by Crippen LogP contribution is 2.23. The third kappa shape index (κ3) is 7.78. The van der Waals surface area contributed by atoms with Crippen LogP contribution in [0, 0.1) is 5.92 Å². The second-order valence-corrected chi connectivity index (χ2v) is 5.81. The molecule has 1 aliphatic rings. The number of alkyl halides is 3. The Morgan fingerprint density at radius 1 is 1.21 bits per heavy atom. The van der Waals surface area contributed by atoms with Crippen LogP contribution in [0.5, 0.6) is 0 Å². The molecule has 0 aromatic rings. The van der Waals surface area contributed by atoms with E-state index < -0.39 is 12.7 Å². The summed E-state index contributed by atoms with van der Waals surface area (Å²) >= 11 is 0. The monoisotopic (exact) mass is 280 g/mol. The molecule has 2 atom stereocenters. The maximum atomic E-state index is 12.4. The highest BCUT2D eigenvalue weighted by atomic mass is 19.4. The van der Waals surface area contributed by atoms with E-state index >= 15 is 0 Å². The summed E-state index contributed by atoms with van der Waals surface area (Å²) in [6.07, 6.45) is 1.52. The van der Waals surface area contributed by atoms with Crippen LogP contribution >= 0.6 is 0 Å². The first kappa shape index (κ1) is 16.8. The Kier molecular flexibility index (Phi) is 7.15. The molecule has 1 saturated carbocycles. The van der Waals surface area contributed by atoms with Crippen LogP contribution in [0.4, 0.5) is 13.2 Å². The van der Waals surface area contributed by atoms with E-state index in [0.717, 1.165) is 25.2 Å². The smallest absolute Gasteiger partial charge is 0.313 e. The molecule has 0 aromatic heterocycles. The maximum absolute atomic E-state index is 12.4. The Morgan fingerprint density at radius 2 is 1.95 bits per heavy atom. The molecule has 1 fully saturated rings. The predicted molar refractivity (Wildman–Crippen MR) is 72.2 cm³/mol. The Balaban J connectivity index is 2.23. The maximum Gasteiger partial charge on any atom is 0.401 e. The van der Waals surface area contributed by atoms with E-state index in [1.54, 1.807) is 0 Å². The lowest BCUT2D eigenvalue weighted by atomic mass is 9.87. The van der Waals surface area contributed by atoms with Crippen molar-refractivity contribution in [2.45, 2.75) is 58.2 Å². The quantitative estimate of drug-likeness (QED) is 0.768. The molecule has 0 amide bonds. The van der Waals surface area contributed by atoms with Crippen LogP contribution in [0.2, 0.25) is 0 Å². The van der Waals surface area contributed by atoms with Crippen LogP contribution in [0.25, 0.3) is 0 Å². The Labute approximate surface area is 114 Å². The summed E-state index contributed by atoms with van der Waals surface area (Å²) in [6.45, 7) is 5.04. The van der Waals surface area contributed by atoms with Crippen molar-refractivity contribution in [2.75, 3.05) is 26.2 Å². The minimum Gasteiger partial charge on any atom is -0.313 e. The highest BCUT2D eigenvalue weighted by molar-refractivity contribution is 4.76. The lowest BCUT2D eigenvalue weighted by molar-refractivity contribution is -0.145. The van der Waals surface area contributed by atoms with Gasteiger partial charge in [0.15, 0.2) is 0 Å². The van der Waals surface area contributed by atoms with Gasteiger partial charge in [0.1, 0.15) is 0 Å². The summed E-state index contributed by atoms with van der Waals surface area (Å²) in [6, 6.07) is 0.498. The highest BCUT2D eigenvalue weighted by Gasteiger charge is 2.30. The van der Waals surface area contributed by atoms with E-state index in [1.165, 1.54) is 17.7 Å². The van der Waals surface area contributed by atoms with Gasteiger partial charge in [-0.3, -0.25) is 4.90 Å². The third-order valence-electron chi connectivity index (χ3n) is 3.74. The van der Waals surface area contributed by atoms with Crippen molar-refractivity contribution >= 4 is 0 Å². The summed E-state index contributed by atoms with van der Waals surface area (Å²) in [4.78, 5) is 1.50. The fraction of sp³-hybridized carbons (Fsp3) is 1.00. The number of halogens is 3. The molecule has 0 saturated heterocycles. The zero-order chi connectivity index (χ0) is 14.3. The normalized spacial score (nSPS) is 24.9. The molecule has 0 bridgehead atoms. The lowest BCUT2D eigenvalue weighted by Crippen LogP contribution is -2.42. The average molecular weight is 280 g/mol. The molecule has 1 aliphatic carbocycles. The average Bonchev–Trinajstić information content (AvgIpc) is 2.27. The summed E-state index contributed by atoms with van der Waals surface area (Å²) in [7, 11) is 0. The van der Waals surface area contributed by atoms with Crippen molar-refractivity contribution in [1.29, 1.82) is 0 Å². The van der Waals surface area contributed by atoms with Crippen LogP contribution in [-0.4, -0.2) is 43.3 Å². The van der Waals surface area contributed by atoms with E-state index in [2.05, 4.69) is 12.2 Å². The standard InChI is InChI=1S/C14H27F3N2/c1-3-8-19(11-14(15,16)17)9-7-18-13-6-4-5-12(2)10-13/h12-13,18H,3-11H2,1-2H3. The first-order chi connectivity index (χ1) is 8.90. The van der Waals surface area contributed by atoms with Gasteiger partial charge in [-0.05, 0) is 31.7 Å². The van der Waals surface area contributed by atoms with Gasteiger partial charge < -0.3 is 5.32 Å². The van der Waals surface area contributed by atoms with Crippen molar-refractivity contribution in [3.8, 4) is 0 Å². The number of hydrogen-bond donors (Lipinski definition) is 1.